The van der Waals surface area contributed by atoms with Crippen molar-refractivity contribution < 1.29 is 9.90 Å². The molecule has 1 heterocycles. The number of rotatable bonds is 1. The molecule has 0 aliphatic heterocycles. The van der Waals surface area contributed by atoms with Crippen molar-refractivity contribution in [3.63, 3.8) is 0 Å². The van der Waals surface area contributed by atoms with E-state index >= 15 is 0 Å². The van der Waals surface area contributed by atoms with Gasteiger partial charge in [-0.3, -0.25) is 4.68 Å². The summed E-state index contributed by atoms with van der Waals surface area (Å²) in [5, 5.41) is 15.0. The highest BCUT2D eigenvalue weighted by Gasteiger charge is 2.04. The van der Waals surface area contributed by atoms with Crippen LogP contribution in [0.4, 0.5) is 0 Å². The molecule has 0 amide bonds. The molecule has 0 atom stereocenters. The van der Waals surface area contributed by atoms with Gasteiger partial charge in [-0.2, -0.15) is 0 Å². The summed E-state index contributed by atoms with van der Waals surface area (Å²) in [6.45, 7) is 4.00. The average molecular weight is 157 g/mol. The highest BCUT2D eigenvalue weighted by molar-refractivity contribution is 5.84. The minimum absolute atomic E-state index is 0.0301. The van der Waals surface area contributed by atoms with Gasteiger partial charge < -0.3 is 5.11 Å². The number of carboxylic acids is 1. The van der Waals surface area contributed by atoms with E-state index in [1.165, 1.54) is 10.9 Å². The summed E-state index contributed by atoms with van der Waals surface area (Å²) in [7, 11) is 1.61. The van der Waals surface area contributed by atoms with Gasteiger partial charge in [0.15, 0.2) is 5.69 Å². The molecule has 1 N–H and O–H groups in total. The molecular weight excluding hydrogens is 146 g/mol. The van der Waals surface area contributed by atoms with Gasteiger partial charge in [0.05, 0.1) is 6.20 Å². The van der Waals surface area contributed by atoms with E-state index in [2.05, 4.69) is 10.3 Å². The van der Waals surface area contributed by atoms with Crippen molar-refractivity contribution in [1.82, 2.24) is 15.0 Å². The fourth-order valence-corrected chi connectivity index (χ4v) is 0.445. The van der Waals surface area contributed by atoms with Crippen LogP contribution in [-0.4, -0.2) is 26.1 Å². The average Bonchev–Trinajstić information content (AvgIpc) is 2.40. The van der Waals surface area contributed by atoms with Crippen molar-refractivity contribution in [2.45, 2.75) is 13.8 Å². The lowest BCUT2D eigenvalue weighted by atomic mass is 10.5. The number of aromatic carboxylic acids is 1. The van der Waals surface area contributed by atoms with Crippen LogP contribution in [0.15, 0.2) is 6.20 Å². The summed E-state index contributed by atoms with van der Waals surface area (Å²) >= 11 is 0. The van der Waals surface area contributed by atoms with E-state index in [9.17, 15) is 4.79 Å². The molecule has 0 aliphatic rings. The predicted molar refractivity (Wildman–Crippen MR) is 39.3 cm³/mol. The molecule has 5 nitrogen and oxygen atoms in total. The first-order valence-corrected chi connectivity index (χ1v) is 3.30. The molecule has 0 spiro atoms. The van der Waals surface area contributed by atoms with E-state index in [4.69, 9.17) is 5.11 Å². The largest absolute Gasteiger partial charge is 0.476 e. The van der Waals surface area contributed by atoms with Crippen LogP contribution in [0.5, 0.6) is 0 Å². The normalized spacial score (nSPS) is 8.27. The fraction of sp³-hybridized carbons (Fsp3) is 0.500. The first kappa shape index (κ1) is 9.61. The zero-order valence-corrected chi connectivity index (χ0v) is 6.77. The maximum absolute atomic E-state index is 10.1. The van der Waals surface area contributed by atoms with Gasteiger partial charge in [0.1, 0.15) is 0 Å². The lowest BCUT2D eigenvalue weighted by Gasteiger charge is -1.78. The molecule has 0 bridgehead atoms. The van der Waals surface area contributed by atoms with Crippen molar-refractivity contribution in [2.24, 2.45) is 7.05 Å². The molecule has 5 heteroatoms. The molecular formula is C6H11N3O2. The fourth-order valence-electron chi connectivity index (χ4n) is 0.445. The molecule has 11 heavy (non-hydrogen) atoms. The molecule has 62 valence electrons. The molecule has 0 saturated heterocycles. The molecule has 0 aromatic carbocycles. The van der Waals surface area contributed by atoms with E-state index in [0.717, 1.165) is 0 Å². The van der Waals surface area contributed by atoms with Crippen molar-refractivity contribution in [1.29, 1.82) is 0 Å². The third-order valence-corrected chi connectivity index (χ3v) is 0.822. The van der Waals surface area contributed by atoms with Gasteiger partial charge in [0.2, 0.25) is 0 Å². The minimum atomic E-state index is -1.05. The van der Waals surface area contributed by atoms with E-state index < -0.39 is 5.97 Å². The van der Waals surface area contributed by atoms with E-state index in [-0.39, 0.29) is 5.69 Å². The second kappa shape index (κ2) is 4.43. The topological polar surface area (TPSA) is 68.0 Å². The molecule has 1 aromatic heterocycles. The number of carbonyl (C=O) groups is 1. The second-order valence-electron chi connectivity index (χ2n) is 1.58. The summed E-state index contributed by atoms with van der Waals surface area (Å²) in [5.74, 6) is -1.05. The van der Waals surface area contributed by atoms with Crippen LogP contribution in [0.1, 0.15) is 24.3 Å². The predicted octanol–water partition coefficient (Wildman–Crippen LogP) is 0.539. The highest BCUT2D eigenvalue weighted by Crippen LogP contribution is 1.88. The molecule has 0 saturated carbocycles. The van der Waals surface area contributed by atoms with E-state index in [0.29, 0.717) is 0 Å². The van der Waals surface area contributed by atoms with Gasteiger partial charge in [0, 0.05) is 7.05 Å². The smallest absolute Gasteiger partial charge is 0.358 e. The SMILES string of the molecule is CC.Cn1cc(C(=O)O)nn1. The summed E-state index contributed by atoms with van der Waals surface area (Å²) in [5.41, 5.74) is -0.0301. The Hall–Kier alpha value is -1.39. The van der Waals surface area contributed by atoms with Crippen LogP contribution in [-0.2, 0) is 7.05 Å². The quantitative estimate of drug-likeness (QED) is 0.646. The molecule has 1 rings (SSSR count). The zero-order chi connectivity index (χ0) is 8.85. The van der Waals surface area contributed by atoms with Gasteiger partial charge in [0.25, 0.3) is 0 Å². The summed E-state index contributed by atoms with van der Waals surface area (Å²) < 4.78 is 1.34. The third-order valence-electron chi connectivity index (χ3n) is 0.822. The van der Waals surface area contributed by atoms with Crippen LogP contribution >= 0.6 is 0 Å². The molecule has 0 radical (unpaired) electrons. The number of hydrogen-bond acceptors (Lipinski definition) is 3. The van der Waals surface area contributed by atoms with Crippen molar-refractivity contribution in [3.8, 4) is 0 Å². The van der Waals surface area contributed by atoms with Gasteiger partial charge in [-0.1, -0.05) is 19.1 Å². The Bertz CT molecular complexity index is 231. The molecule has 0 aliphatic carbocycles. The van der Waals surface area contributed by atoms with Crippen LogP contribution in [0.25, 0.3) is 0 Å². The number of carboxylic acid groups (broad SMARTS) is 1. The monoisotopic (exact) mass is 157 g/mol. The lowest BCUT2D eigenvalue weighted by Crippen LogP contribution is -1.95. The standard InChI is InChI=1S/C4H5N3O2.C2H6/c1-7-2-3(4(8)9)5-6-7;1-2/h2H,1H3,(H,8,9);1-2H3. The van der Waals surface area contributed by atoms with Crippen molar-refractivity contribution in [3.05, 3.63) is 11.9 Å². The summed E-state index contributed by atoms with van der Waals surface area (Å²) in [6.07, 6.45) is 1.34. The Morgan fingerprint density at radius 2 is 2.18 bits per heavy atom. The van der Waals surface area contributed by atoms with Crippen molar-refractivity contribution >= 4 is 5.97 Å². The Morgan fingerprint density at radius 1 is 1.64 bits per heavy atom. The van der Waals surface area contributed by atoms with Crippen LogP contribution in [0.3, 0.4) is 0 Å². The first-order valence-electron chi connectivity index (χ1n) is 3.30. The zero-order valence-electron chi connectivity index (χ0n) is 6.77. The minimum Gasteiger partial charge on any atom is -0.476 e. The maximum Gasteiger partial charge on any atom is 0.358 e. The molecule has 0 unspecified atom stereocenters. The first-order chi connectivity index (χ1) is 5.20. The van der Waals surface area contributed by atoms with Crippen LogP contribution in [0.2, 0.25) is 0 Å². The number of aryl methyl sites for hydroxylation is 1. The van der Waals surface area contributed by atoms with E-state index in [1.54, 1.807) is 7.05 Å². The second-order valence-corrected chi connectivity index (χ2v) is 1.58. The lowest BCUT2D eigenvalue weighted by molar-refractivity contribution is 0.0690. The maximum atomic E-state index is 10.1. The summed E-state index contributed by atoms with van der Waals surface area (Å²) in [4.78, 5) is 10.1. The number of nitrogens with zero attached hydrogens (tertiary/aromatic N) is 3. The summed E-state index contributed by atoms with van der Waals surface area (Å²) in [6, 6.07) is 0. The Kier molecular flexibility index (Phi) is 3.87. The van der Waals surface area contributed by atoms with Gasteiger partial charge >= 0.3 is 5.97 Å². The number of hydrogen-bond donors (Lipinski definition) is 1. The number of aromatic nitrogens is 3. The Balaban J connectivity index is 0.000000461. The van der Waals surface area contributed by atoms with Crippen molar-refractivity contribution in [2.75, 3.05) is 0 Å². The van der Waals surface area contributed by atoms with Crippen LogP contribution < -0.4 is 0 Å². The highest BCUT2D eigenvalue weighted by atomic mass is 16.4. The van der Waals surface area contributed by atoms with Gasteiger partial charge in [-0.05, 0) is 0 Å². The van der Waals surface area contributed by atoms with E-state index in [1.807, 2.05) is 13.8 Å². The third kappa shape index (κ3) is 2.79. The van der Waals surface area contributed by atoms with Gasteiger partial charge in [-0.25, -0.2) is 4.79 Å². The van der Waals surface area contributed by atoms with Gasteiger partial charge in [-0.15, -0.1) is 5.10 Å². The Morgan fingerprint density at radius 3 is 2.36 bits per heavy atom. The molecule has 0 fully saturated rings. The van der Waals surface area contributed by atoms with Crippen LogP contribution in [0, 0.1) is 0 Å². The Labute approximate surface area is 64.6 Å². The molecule has 1 aromatic rings.